The fraction of sp³-hybridized carbons (Fsp3) is 0.520. The predicted octanol–water partition coefficient (Wildman–Crippen LogP) is 2.99. The minimum Gasteiger partial charge on any atom is -0.326 e. The monoisotopic (exact) mass is 420 g/mol. The number of hydrogen-bond acceptors (Lipinski definition) is 4. The Morgan fingerprint density at radius 2 is 1.74 bits per heavy atom. The molecule has 1 N–H and O–H groups in total. The number of benzene rings is 1. The first-order valence-corrected chi connectivity index (χ1v) is 11.5. The molecule has 2 fully saturated rings. The molecule has 0 spiro atoms. The average molecular weight is 421 g/mol. The Bertz CT molecular complexity index is 1020. The van der Waals surface area contributed by atoms with Crippen LogP contribution in [0.5, 0.6) is 0 Å². The zero-order chi connectivity index (χ0) is 21.5. The standard InChI is InChI=1S/C25H32N4O2/c1-17(30)26-21-5-3-19(4-6-21)23-7-8-24-20-13-18(15-29(24)25(23)31)14-28(16-20)22-9-11-27(2)12-10-22/h3-8,18,20,22H,9-16H2,1-2H3,(H,26,30). The van der Waals surface area contributed by atoms with Gasteiger partial charge in [-0.2, -0.15) is 0 Å². The van der Waals surface area contributed by atoms with Gasteiger partial charge in [-0.15, -0.1) is 0 Å². The number of nitrogens with zero attached hydrogens (tertiary/aromatic N) is 3. The zero-order valence-corrected chi connectivity index (χ0v) is 18.5. The van der Waals surface area contributed by atoms with Gasteiger partial charge in [0.15, 0.2) is 0 Å². The average Bonchev–Trinajstić information content (AvgIpc) is 2.75. The van der Waals surface area contributed by atoms with Gasteiger partial charge in [0.25, 0.3) is 5.56 Å². The maximum Gasteiger partial charge on any atom is 0.258 e. The SMILES string of the molecule is CC(=O)Nc1ccc(-c2ccc3n(c2=O)CC2CC3CN(C3CCN(C)CC3)C2)cc1. The van der Waals surface area contributed by atoms with Crippen LogP contribution in [0, 0.1) is 5.92 Å². The van der Waals surface area contributed by atoms with Crippen LogP contribution < -0.4 is 10.9 Å². The van der Waals surface area contributed by atoms with Crippen molar-refractivity contribution in [2.75, 3.05) is 38.5 Å². The summed E-state index contributed by atoms with van der Waals surface area (Å²) in [6.45, 7) is 6.90. The first-order chi connectivity index (χ1) is 15.0. The summed E-state index contributed by atoms with van der Waals surface area (Å²) in [7, 11) is 2.22. The second-order valence-corrected chi connectivity index (χ2v) is 9.63. The minimum absolute atomic E-state index is 0.0950. The van der Waals surface area contributed by atoms with E-state index in [0.717, 1.165) is 36.4 Å². The van der Waals surface area contributed by atoms with E-state index >= 15 is 0 Å². The normalized spacial score (nSPS) is 24.6. The van der Waals surface area contributed by atoms with Crippen LogP contribution in [-0.4, -0.2) is 59.5 Å². The number of hydrogen-bond donors (Lipinski definition) is 1. The topological polar surface area (TPSA) is 57.6 Å². The van der Waals surface area contributed by atoms with Gasteiger partial charge >= 0.3 is 0 Å². The third-order valence-electron chi connectivity index (χ3n) is 7.35. The second-order valence-electron chi connectivity index (χ2n) is 9.63. The highest BCUT2D eigenvalue weighted by atomic mass is 16.1. The molecule has 3 aliphatic heterocycles. The zero-order valence-electron chi connectivity index (χ0n) is 18.5. The first kappa shape index (κ1) is 20.5. The van der Waals surface area contributed by atoms with Gasteiger partial charge < -0.3 is 14.8 Å². The molecule has 0 radical (unpaired) electrons. The fourth-order valence-electron chi connectivity index (χ4n) is 5.80. The summed E-state index contributed by atoms with van der Waals surface area (Å²) in [4.78, 5) is 29.8. The highest BCUT2D eigenvalue weighted by Crippen LogP contribution is 2.37. The van der Waals surface area contributed by atoms with Crippen molar-refractivity contribution in [3.63, 3.8) is 0 Å². The molecular weight excluding hydrogens is 388 g/mol. The van der Waals surface area contributed by atoms with Gasteiger partial charge in [-0.3, -0.25) is 14.5 Å². The lowest BCUT2D eigenvalue weighted by Crippen LogP contribution is -2.53. The van der Waals surface area contributed by atoms with Gasteiger partial charge in [0.05, 0.1) is 0 Å². The van der Waals surface area contributed by atoms with Crippen LogP contribution in [0.15, 0.2) is 41.2 Å². The Labute approximate surface area is 183 Å². The van der Waals surface area contributed by atoms with Crippen molar-refractivity contribution < 1.29 is 4.79 Å². The summed E-state index contributed by atoms with van der Waals surface area (Å²) in [5.41, 5.74) is 3.71. The van der Waals surface area contributed by atoms with Gasteiger partial charge in [-0.05, 0) is 75.1 Å². The van der Waals surface area contributed by atoms with E-state index in [1.54, 1.807) is 0 Å². The van der Waals surface area contributed by atoms with Gasteiger partial charge in [0, 0.05) is 55.5 Å². The number of pyridine rings is 1. The Balaban J connectivity index is 1.38. The lowest BCUT2D eigenvalue weighted by atomic mass is 9.81. The van der Waals surface area contributed by atoms with E-state index in [9.17, 15) is 9.59 Å². The molecule has 0 aliphatic carbocycles. The van der Waals surface area contributed by atoms with Gasteiger partial charge in [0.1, 0.15) is 0 Å². The van der Waals surface area contributed by atoms with Crippen LogP contribution in [-0.2, 0) is 11.3 Å². The number of carbonyl (C=O) groups is 1. The molecule has 3 aliphatic rings. The Hall–Kier alpha value is -2.44. The van der Waals surface area contributed by atoms with Crippen molar-refractivity contribution in [1.82, 2.24) is 14.4 Å². The number of nitrogens with one attached hydrogen (secondary N) is 1. The molecule has 2 atom stereocenters. The molecule has 6 heteroatoms. The molecule has 6 nitrogen and oxygen atoms in total. The number of piperidine rings is 2. The number of anilines is 1. The summed E-state index contributed by atoms with van der Waals surface area (Å²) >= 11 is 0. The molecule has 2 aromatic rings. The van der Waals surface area contributed by atoms with Crippen LogP contribution in [0.4, 0.5) is 5.69 Å². The fourth-order valence-corrected chi connectivity index (χ4v) is 5.80. The van der Waals surface area contributed by atoms with E-state index in [2.05, 4.69) is 28.2 Å². The highest BCUT2D eigenvalue weighted by Gasteiger charge is 2.37. The number of carbonyl (C=O) groups excluding carboxylic acids is 1. The molecule has 1 aromatic carbocycles. The Morgan fingerprint density at radius 1 is 1.00 bits per heavy atom. The van der Waals surface area contributed by atoms with Gasteiger partial charge in [-0.1, -0.05) is 12.1 Å². The van der Waals surface area contributed by atoms with E-state index in [1.165, 1.54) is 45.0 Å². The van der Waals surface area contributed by atoms with Crippen LogP contribution in [0.25, 0.3) is 11.1 Å². The smallest absolute Gasteiger partial charge is 0.258 e. The number of amides is 1. The molecule has 31 heavy (non-hydrogen) atoms. The molecule has 1 amide bonds. The van der Waals surface area contributed by atoms with Crippen molar-refractivity contribution in [3.05, 3.63) is 52.4 Å². The van der Waals surface area contributed by atoms with Crippen LogP contribution in [0.1, 0.15) is 37.8 Å². The van der Waals surface area contributed by atoms with E-state index in [0.29, 0.717) is 17.9 Å². The minimum atomic E-state index is -0.0950. The lowest BCUT2D eigenvalue weighted by molar-refractivity contribution is -0.114. The summed E-state index contributed by atoms with van der Waals surface area (Å²) < 4.78 is 2.04. The predicted molar refractivity (Wildman–Crippen MR) is 123 cm³/mol. The maximum absolute atomic E-state index is 13.4. The molecular formula is C25H32N4O2. The summed E-state index contributed by atoms with van der Waals surface area (Å²) in [5, 5.41) is 2.78. The maximum atomic E-state index is 13.4. The van der Waals surface area contributed by atoms with Gasteiger partial charge in [-0.25, -0.2) is 0 Å². The molecule has 2 saturated heterocycles. The van der Waals surface area contributed by atoms with Crippen molar-refractivity contribution in [3.8, 4) is 11.1 Å². The molecule has 1 aromatic heterocycles. The number of fused-ring (bicyclic) bond motifs is 4. The van der Waals surface area contributed by atoms with Gasteiger partial charge in [0.2, 0.25) is 5.91 Å². The number of likely N-dealkylation sites (tertiary alicyclic amines) is 2. The van der Waals surface area contributed by atoms with E-state index < -0.39 is 0 Å². The van der Waals surface area contributed by atoms with Crippen LogP contribution >= 0.6 is 0 Å². The Kier molecular flexibility index (Phi) is 5.44. The van der Waals surface area contributed by atoms with E-state index in [1.807, 2.05) is 34.9 Å². The van der Waals surface area contributed by atoms with Crippen molar-refractivity contribution in [2.45, 2.75) is 44.7 Å². The van der Waals surface area contributed by atoms with Crippen LogP contribution in [0.2, 0.25) is 0 Å². The van der Waals surface area contributed by atoms with Crippen molar-refractivity contribution in [2.24, 2.45) is 5.92 Å². The van der Waals surface area contributed by atoms with E-state index in [4.69, 9.17) is 0 Å². The third kappa shape index (κ3) is 4.06. The Morgan fingerprint density at radius 3 is 2.45 bits per heavy atom. The quantitative estimate of drug-likeness (QED) is 0.829. The molecule has 4 heterocycles. The molecule has 5 rings (SSSR count). The molecule has 2 bridgehead atoms. The van der Waals surface area contributed by atoms with Crippen molar-refractivity contribution in [1.29, 1.82) is 0 Å². The lowest BCUT2D eigenvalue weighted by Gasteiger charge is -2.47. The third-order valence-corrected chi connectivity index (χ3v) is 7.35. The van der Waals surface area contributed by atoms with E-state index in [-0.39, 0.29) is 11.5 Å². The van der Waals surface area contributed by atoms with Crippen LogP contribution in [0.3, 0.4) is 0 Å². The summed E-state index contributed by atoms with van der Waals surface area (Å²) in [6, 6.07) is 12.4. The number of aromatic nitrogens is 1. The molecule has 0 saturated carbocycles. The molecule has 164 valence electrons. The van der Waals surface area contributed by atoms with Crippen molar-refractivity contribution >= 4 is 11.6 Å². The first-order valence-electron chi connectivity index (χ1n) is 11.5. The number of rotatable bonds is 3. The molecule has 2 unspecified atom stereocenters. The second kappa shape index (κ2) is 8.24. The summed E-state index contributed by atoms with van der Waals surface area (Å²) in [5.74, 6) is 0.916. The highest BCUT2D eigenvalue weighted by molar-refractivity contribution is 5.88. The largest absolute Gasteiger partial charge is 0.326 e. The summed E-state index contributed by atoms with van der Waals surface area (Å²) in [6.07, 6.45) is 3.72.